The van der Waals surface area contributed by atoms with E-state index in [1.807, 2.05) is 45.3 Å². The van der Waals surface area contributed by atoms with Gasteiger partial charge in [0.15, 0.2) is 5.43 Å². The maximum absolute atomic E-state index is 12.4. The molecule has 0 bridgehead atoms. The van der Waals surface area contributed by atoms with Crippen LogP contribution in [0.25, 0.3) is 11.4 Å². The Labute approximate surface area is 197 Å². The summed E-state index contributed by atoms with van der Waals surface area (Å²) < 4.78 is 1.05. The van der Waals surface area contributed by atoms with E-state index in [4.69, 9.17) is 0 Å². The Bertz CT molecular complexity index is 1070. The zero-order valence-corrected chi connectivity index (χ0v) is 20.6. The van der Waals surface area contributed by atoms with Crippen molar-refractivity contribution in [3.63, 3.8) is 0 Å². The zero-order chi connectivity index (χ0) is 23.8. The van der Waals surface area contributed by atoms with E-state index in [0.29, 0.717) is 13.1 Å². The lowest BCUT2D eigenvalue weighted by atomic mass is 10.2. The topological polar surface area (TPSA) is 65.1 Å². The lowest BCUT2D eigenvalue weighted by Gasteiger charge is -2.40. The normalized spacial score (nSPS) is 15.2. The first-order valence-corrected chi connectivity index (χ1v) is 11.7. The number of aromatic nitrogens is 3. The molecule has 7 nitrogen and oxygen atoms in total. The van der Waals surface area contributed by atoms with Gasteiger partial charge in [-0.05, 0) is 31.3 Å². The molecule has 7 heteroatoms. The maximum Gasteiger partial charge on any atom is 0.182 e. The molecule has 1 aliphatic heterocycles. The van der Waals surface area contributed by atoms with E-state index >= 15 is 0 Å². The molecule has 4 heterocycles. The Kier molecular flexibility index (Phi) is 8.36. The van der Waals surface area contributed by atoms with Gasteiger partial charge in [0, 0.05) is 49.0 Å². The predicted molar refractivity (Wildman–Crippen MR) is 135 cm³/mol. The molecule has 0 amide bonds. The van der Waals surface area contributed by atoms with Crippen molar-refractivity contribution in [1.29, 1.82) is 0 Å². The van der Waals surface area contributed by atoms with E-state index in [-0.39, 0.29) is 5.43 Å². The molecular formula is C26H37N6O+. The molecule has 3 aromatic rings. The molecule has 1 saturated heterocycles. The molecule has 0 spiro atoms. The number of piperazine rings is 1. The Morgan fingerprint density at radius 2 is 1.76 bits per heavy atom. The number of anilines is 1. The third-order valence-electron chi connectivity index (χ3n) is 5.83. The summed E-state index contributed by atoms with van der Waals surface area (Å²) in [6, 6.07) is 13.3. The maximum atomic E-state index is 12.4. The van der Waals surface area contributed by atoms with Crippen LogP contribution in [-0.2, 0) is 13.1 Å². The monoisotopic (exact) mass is 449 g/mol. The fourth-order valence-electron chi connectivity index (χ4n) is 3.97. The average Bonchev–Trinajstić information content (AvgIpc) is 2.81. The van der Waals surface area contributed by atoms with Crippen molar-refractivity contribution in [2.24, 2.45) is 0 Å². The highest BCUT2D eigenvalue weighted by atomic mass is 16.1. The van der Waals surface area contributed by atoms with E-state index in [0.717, 1.165) is 59.1 Å². The minimum Gasteiger partial charge on any atom is -0.360 e. The molecule has 0 radical (unpaired) electrons. The summed E-state index contributed by atoms with van der Waals surface area (Å²) in [4.78, 5) is 29.3. The number of nitrogens with one attached hydrogen (secondary N) is 1. The lowest BCUT2D eigenvalue weighted by molar-refractivity contribution is -0.890. The third-order valence-corrected chi connectivity index (χ3v) is 5.83. The fraction of sp³-hybridized carbons (Fsp3) is 0.423. The number of H-pyrrole nitrogens is 1. The van der Waals surface area contributed by atoms with Gasteiger partial charge >= 0.3 is 0 Å². The van der Waals surface area contributed by atoms with E-state index in [1.54, 1.807) is 18.3 Å². The predicted octanol–water partition coefficient (Wildman–Crippen LogP) is 3.39. The first-order valence-electron chi connectivity index (χ1n) is 11.7. The number of likely N-dealkylation sites (N-methyl/N-ethyl adjacent to an activating group) is 1. The molecule has 33 heavy (non-hydrogen) atoms. The summed E-state index contributed by atoms with van der Waals surface area (Å²) in [5.74, 6) is 0. The van der Waals surface area contributed by atoms with Crippen LogP contribution in [0, 0.1) is 0 Å². The summed E-state index contributed by atoms with van der Waals surface area (Å²) in [6.45, 7) is 9.61. The van der Waals surface area contributed by atoms with Crippen molar-refractivity contribution in [1.82, 2.24) is 19.9 Å². The minimum absolute atomic E-state index is 0.0146. The molecular weight excluding hydrogens is 412 g/mol. The van der Waals surface area contributed by atoms with Gasteiger partial charge in [-0.2, -0.15) is 0 Å². The SMILES string of the molecule is CC.CN(Cc1ccccn1)Cc1cc(=O)cc(-c2cc(N3CC[N+](C)(C)CC3)ccn2)[nH]1. The molecule has 1 aliphatic rings. The van der Waals surface area contributed by atoms with Gasteiger partial charge in [-0.1, -0.05) is 19.9 Å². The van der Waals surface area contributed by atoms with Crippen LogP contribution in [0.3, 0.4) is 0 Å². The number of aromatic amines is 1. The van der Waals surface area contributed by atoms with Crippen molar-refractivity contribution in [2.75, 3.05) is 52.2 Å². The largest absolute Gasteiger partial charge is 0.360 e. The Morgan fingerprint density at radius 1 is 1.00 bits per heavy atom. The van der Waals surface area contributed by atoms with Gasteiger partial charge in [0.1, 0.15) is 0 Å². The van der Waals surface area contributed by atoms with Crippen LogP contribution < -0.4 is 10.3 Å². The summed E-state index contributed by atoms with van der Waals surface area (Å²) >= 11 is 0. The van der Waals surface area contributed by atoms with Gasteiger partial charge in [0.25, 0.3) is 0 Å². The van der Waals surface area contributed by atoms with Crippen LogP contribution >= 0.6 is 0 Å². The summed E-state index contributed by atoms with van der Waals surface area (Å²) in [6.07, 6.45) is 3.63. The molecule has 176 valence electrons. The van der Waals surface area contributed by atoms with Crippen molar-refractivity contribution in [2.45, 2.75) is 26.9 Å². The van der Waals surface area contributed by atoms with E-state index in [9.17, 15) is 4.79 Å². The van der Waals surface area contributed by atoms with Crippen molar-refractivity contribution in [3.8, 4) is 11.4 Å². The summed E-state index contributed by atoms with van der Waals surface area (Å²) in [5.41, 5.74) is 4.56. The molecule has 0 atom stereocenters. The second-order valence-electron chi connectivity index (χ2n) is 9.02. The number of nitrogens with zero attached hydrogens (tertiary/aromatic N) is 5. The standard InChI is InChI=1S/C24H30N6O.C2H6/c1-28(17-19-6-4-5-8-25-19)18-20-14-22(31)16-24(27-20)23-15-21(7-9-26-23)29-10-12-30(2,3)13-11-29;1-2/h4-9,14-16H,10-13,17-18H2,1-3H3;1-2H3/p+1. The summed E-state index contributed by atoms with van der Waals surface area (Å²) in [7, 11) is 6.57. The molecule has 4 rings (SSSR count). The first-order chi connectivity index (χ1) is 15.9. The van der Waals surface area contributed by atoms with Gasteiger partial charge in [0.05, 0.1) is 57.4 Å². The van der Waals surface area contributed by atoms with Gasteiger partial charge in [-0.15, -0.1) is 0 Å². The quantitative estimate of drug-likeness (QED) is 0.585. The highest BCUT2D eigenvalue weighted by Gasteiger charge is 2.24. The molecule has 3 aromatic heterocycles. The van der Waals surface area contributed by atoms with Crippen molar-refractivity contribution < 1.29 is 4.48 Å². The van der Waals surface area contributed by atoms with Crippen LogP contribution in [0.5, 0.6) is 0 Å². The highest BCUT2D eigenvalue weighted by molar-refractivity contribution is 5.61. The van der Waals surface area contributed by atoms with Gasteiger partial charge in [0.2, 0.25) is 0 Å². The van der Waals surface area contributed by atoms with Crippen LogP contribution in [0.1, 0.15) is 25.2 Å². The van der Waals surface area contributed by atoms with Gasteiger partial charge in [-0.3, -0.25) is 19.7 Å². The van der Waals surface area contributed by atoms with Gasteiger partial charge in [-0.25, -0.2) is 0 Å². The Morgan fingerprint density at radius 3 is 2.45 bits per heavy atom. The number of hydrogen-bond donors (Lipinski definition) is 1. The fourth-order valence-corrected chi connectivity index (χ4v) is 3.97. The smallest absolute Gasteiger partial charge is 0.182 e. The van der Waals surface area contributed by atoms with Gasteiger partial charge < -0.3 is 14.4 Å². The van der Waals surface area contributed by atoms with Crippen LogP contribution in [0.15, 0.2) is 59.7 Å². The van der Waals surface area contributed by atoms with Crippen LogP contribution in [0.4, 0.5) is 5.69 Å². The van der Waals surface area contributed by atoms with Crippen LogP contribution in [-0.4, -0.2) is 71.7 Å². The summed E-state index contributed by atoms with van der Waals surface area (Å²) in [5, 5.41) is 0. The first kappa shape index (κ1) is 24.6. The molecule has 0 unspecified atom stereocenters. The number of quaternary nitrogens is 1. The molecule has 0 saturated carbocycles. The molecule has 0 aromatic carbocycles. The van der Waals surface area contributed by atoms with E-state index in [1.165, 1.54) is 0 Å². The second kappa shape index (κ2) is 11.2. The highest BCUT2D eigenvalue weighted by Crippen LogP contribution is 2.23. The van der Waals surface area contributed by atoms with Crippen molar-refractivity contribution in [3.05, 3.63) is 76.5 Å². The number of hydrogen-bond acceptors (Lipinski definition) is 5. The second-order valence-corrected chi connectivity index (χ2v) is 9.02. The average molecular weight is 450 g/mol. The number of pyridine rings is 3. The molecule has 0 aliphatic carbocycles. The molecule has 1 N–H and O–H groups in total. The van der Waals surface area contributed by atoms with Crippen molar-refractivity contribution >= 4 is 5.69 Å². The molecule has 1 fully saturated rings. The third kappa shape index (κ3) is 6.97. The minimum atomic E-state index is -0.0146. The Hall–Kier alpha value is -3.03. The number of rotatable bonds is 6. The lowest BCUT2D eigenvalue weighted by Crippen LogP contribution is -2.54. The van der Waals surface area contributed by atoms with E-state index < -0.39 is 0 Å². The Balaban J connectivity index is 0.00000149. The van der Waals surface area contributed by atoms with E-state index in [2.05, 4.69) is 51.0 Å². The zero-order valence-electron chi connectivity index (χ0n) is 20.6. The van der Waals surface area contributed by atoms with Crippen LogP contribution in [0.2, 0.25) is 0 Å².